The summed E-state index contributed by atoms with van der Waals surface area (Å²) in [7, 11) is -2.88. The van der Waals surface area contributed by atoms with E-state index in [1.165, 1.54) is 25.3 Å². The maximum absolute atomic E-state index is 14.3. The Balaban J connectivity index is 0.00000240. The molecule has 0 bridgehead atoms. The number of aromatic amines is 1. The standard InChI is InChI=1S/C19H24FN3O3S2.CH4/c20-15-8-14-16(9-17(15)21-10-12-2-1-3-12)22-18(23-19(14)24)11-27-13-4-6-28(25,26)7-5-13;/h8-9,12-13,21H,1-7,10-11H2,(H,22,23,24);1H4. The molecule has 2 fully saturated rings. The molecule has 1 saturated carbocycles. The summed E-state index contributed by atoms with van der Waals surface area (Å²) in [4.78, 5) is 19.6. The average Bonchev–Trinajstić information content (AvgIpc) is 2.61. The van der Waals surface area contributed by atoms with E-state index in [0.717, 1.165) is 6.54 Å². The fourth-order valence-electron chi connectivity index (χ4n) is 3.59. The van der Waals surface area contributed by atoms with E-state index in [0.29, 0.717) is 41.5 Å². The lowest BCUT2D eigenvalue weighted by Gasteiger charge is -2.26. The van der Waals surface area contributed by atoms with Crippen molar-refractivity contribution in [3.63, 3.8) is 0 Å². The van der Waals surface area contributed by atoms with Crippen LogP contribution in [0.5, 0.6) is 0 Å². The first-order chi connectivity index (χ1) is 13.4. The van der Waals surface area contributed by atoms with Gasteiger partial charge in [0.05, 0.1) is 33.8 Å². The summed E-state index contributed by atoms with van der Waals surface area (Å²) in [6, 6.07) is 2.85. The normalized spacial score (nSPS) is 19.5. The van der Waals surface area contributed by atoms with E-state index in [9.17, 15) is 17.6 Å². The van der Waals surface area contributed by atoms with Gasteiger partial charge in [-0.2, -0.15) is 11.8 Å². The topological polar surface area (TPSA) is 91.9 Å². The number of nitrogens with zero attached hydrogens (tertiary/aromatic N) is 1. The highest BCUT2D eigenvalue weighted by Gasteiger charge is 2.24. The second-order valence-electron chi connectivity index (χ2n) is 7.70. The maximum Gasteiger partial charge on any atom is 0.258 e. The number of rotatable bonds is 6. The number of hydrogen-bond acceptors (Lipinski definition) is 6. The van der Waals surface area contributed by atoms with Gasteiger partial charge in [-0.15, -0.1) is 0 Å². The molecule has 2 aromatic rings. The Labute approximate surface area is 175 Å². The molecule has 9 heteroatoms. The number of thioether (sulfide) groups is 1. The van der Waals surface area contributed by atoms with Gasteiger partial charge in [0.25, 0.3) is 5.56 Å². The summed E-state index contributed by atoms with van der Waals surface area (Å²) in [5.74, 6) is 1.63. The van der Waals surface area contributed by atoms with Crippen molar-refractivity contribution in [1.82, 2.24) is 9.97 Å². The van der Waals surface area contributed by atoms with E-state index in [-0.39, 0.29) is 35.1 Å². The Bertz CT molecular complexity index is 1020. The Morgan fingerprint density at radius 3 is 2.59 bits per heavy atom. The van der Waals surface area contributed by atoms with Gasteiger partial charge >= 0.3 is 0 Å². The van der Waals surface area contributed by atoms with Crippen LogP contribution in [-0.4, -0.2) is 41.7 Å². The molecule has 160 valence electrons. The molecule has 2 aliphatic rings. The first-order valence-corrected chi connectivity index (χ1v) is 12.5. The minimum atomic E-state index is -2.88. The average molecular weight is 442 g/mol. The van der Waals surface area contributed by atoms with Crippen molar-refractivity contribution >= 4 is 38.2 Å². The van der Waals surface area contributed by atoms with Crippen LogP contribution in [0.3, 0.4) is 0 Å². The van der Waals surface area contributed by atoms with Crippen LogP contribution in [0.15, 0.2) is 16.9 Å². The molecule has 1 aromatic carbocycles. The van der Waals surface area contributed by atoms with Crippen LogP contribution in [0.2, 0.25) is 0 Å². The first kappa shape index (κ1) is 22.1. The van der Waals surface area contributed by atoms with Gasteiger partial charge in [-0.3, -0.25) is 4.79 Å². The molecule has 0 radical (unpaired) electrons. The Hall–Kier alpha value is -1.61. The van der Waals surface area contributed by atoms with E-state index in [1.807, 2.05) is 0 Å². The molecule has 2 N–H and O–H groups in total. The summed E-state index contributed by atoms with van der Waals surface area (Å²) >= 11 is 1.61. The summed E-state index contributed by atoms with van der Waals surface area (Å²) < 4.78 is 37.4. The zero-order valence-electron chi connectivity index (χ0n) is 15.5. The molecule has 1 aromatic heterocycles. The number of hydrogen-bond donors (Lipinski definition) is 2. The molecule has 6 nitrogen and oxygen atoms in total. The highest BCUT2D eigenvalue weighted by atomic mass is 32.2. The smallest absolute Gasteiger partial charge is 0.258 e. The second-order valence-corrected chi connectivity index (χ2v) is 11.3. The first-order valence-electron chi connectivity index (χ1n) is 9.68. The van der Waals surface area contributed by atoms with Crippen molar-refractivity contribution in [3.05, 3.63) is 34.1 Å². The molecular formula is C20H28FN3O3S2. The lowest BCUT2D eigenvalue weighted by molar-refractivity contribution is 0.333. The van der Waals surface area contributed by atoms with E-state index < -0.39 is 15.7 Å². The molecule has 0 atom stereocenters. The van der Waals surface area contributed by atoms with E-state index in [2.05, 4.69) is 15.3 Å². The van der Waals surface area contributed by atoms with Crippen LogP contribution in [0, 0.1) is 11.7 Å². The van der Waals surface area contributed by atoms with E-state index in [1.54, 1.807) is 17.8 Å². The monoisotopic (exact) mass is 441 g/mol. The van der Waals surface area contributed by atoms with Gasteiger partial charge in [-0.25, -0.2) is 17.8 Å². The molecule has 4 rings (SSSR count). The SMILES string of the molecule is C.O=c1[nH]c(CSC2CCS(=O)(=O)CC2)nc2cc(NCC3CCC3)c(F)cc12. The fourth-order valence-corrected chi connectivity index (χ4v) is 6.48. The molecule has 29 heavy (non-hydrogen) atoms. The minimum Gasteiger partial charge on any atom is -0.382 e. The van der Waals surface area contributed by atoms with Gasteiger partial charge in [0, 0.05) is 11.8 Å². The van der Waals surface area contributed by atoms with Gasteiger partial charge in [0.15, 0.2) is 0 Å². The third-order valence-corrected chi connectivity index (χ3v) is 8.70. The van der Waals surface area contributed by atoms with Gasteiger partial charge in [0.1, 0.15) is 21.5 Å². The van der Waals surface area contributed by atoms with Crippen LogP contribution in [0.25, 0.3) is 10.9 Å². The third-order valence-electron chi connectivity index (χ3n) is 5.61. The minimum absolute atomic E-state index is 0. The molecule has 1 saturated heterocycles. The van der Waals surface area contributed by atoms with E-state index in [4.69, 9.17) is 0 Å². The van der Waals surface area contributed by atoms with Crippen molar-refractivity contribution in [2.24, 2.45) is 5.92 Å². The highest BCUT2D eigenvalue weighted by molar-refractivity contribution is 7.99. The summed E-state index contributed by atoms with van der Waals surface area (Å²) in [5, 5.41) is 3.64. The fraction of sp³-hybridized carbons (Fsp3) is 0.600. The quantitative estimate of drug-likeness (QED) is 0.710. The van der Waals surface area contributed by atoms with Gasteiger partial charge in [-0.1, -0.05) is 13.8 Å². The Kier molecular flexibility index (Phi) is 6.88. The number of nitrogens with one attached hydrogen (secondary N) is 2. The van der Waals surface area contributed by atoms with Crippen LogP contribution in [0.4, 0.5) is 10.1 Å². The van der Waals surface area contributed by atoms with Crippen LogP contribution < -0.4 is 10.9 Å². The summed E-state index contributed by atoms with van der Waals surface area (Å²) in [5.41, 5.74) is 0.507. The number of sulfone groups is 1. The van der Waals surface area contributed by atoms with Crippen LogP contribution in [-0.2, 0) is 15.6 Å². The van der Waals surface area contributed by atoms with Gasteiger partial charge in [-0.05, 0) is 43.7 Å². The zero-order valence-corrected chi connectivity index (χ0v) is 17.2. The summed E-state index contributed by atoms with van der Waals surface area (Å²) in [6.07, 6.45) is 4.84. The zero-order chi connectivity index (χ0) is 19.7. The van der Waals surface area contributed by atoms with Crippen LogP contribution in [0.1, 0.15) is 45.4 Å². The van der Waals surface area contributed by atoms with E-state index >= 15 is 0 Å². The molecule has 0 spiro atoms. The molecular weight excluding hydrogens is 413 g/mol. The van der Waals surface area contributed by atoms with Gasteiger partial charge < -0.3 is 10.3 Å². The van der Waals surface area contributed by atoms with Gasteiger partial charge in [0.2, 0.25) is 0 Å². The molecule has 0 amide bonds. The largest absolute Gasteiger partial charge is 0.382 e. The number of halogens is 1. The number of H-pyrrole nitrogens is 1. The molecule has 0 unspecified atom stereocenters. The lowest BCUT2D eigenvalue weighted by atomic mass is 9.85. The number of anilines is 1. The van der Waals surface area contributed by atoms with Crippen molar-refractivity contribution in [1.29, 1.82) is 0 Å². The predicted molar refractivity (Wildman–Crippen MR) is 118 cm³/mol. The predicted octanol–water partition coefficient (Wildman–Crippen LogP) is 3.72. The number of aromatic nitrogens is 2. The number of benzene rings is 1. The lowest BCUT2D eigenvalue weighted by Crippen LogP contribution is -2.25. The molecule has 1 aliphatic heterocycles. The Morgan fingerprint density at radius 2 is 1.93 bits per heavy atom. The molecule has 2 heterocycles. The van der Waals surface area contributed by atoms with Crippen molar-refractivity contribution in [3.8, 4) is 0 Å². The highest BCUT2D eigenvalue weighted by Crippen LogP contribution is 2.29. The maximum atomic E-state index is 14.3. The van der Waals surface area contributed by atoms with Crippen LogP contribution >= 0.6 is 11.8 Å². The van der Waals surface area contributed by atoms with Crippen molar-refractivity contribution in [2.45, 2.75) is 50.5 Å². The Morgan fingerprint density at radius 1 is 1.21 bits per heavy atom. The number of fused-ring (bicyclic) bond motifs is 1. The summed E-state index contributed by atoms with van der Waals surface area (Å²) in [6.45, 7) is 0.735. The third kappa shape index (κ3) is 5.31. The van der Waals surface area contributed by atoms with Crippen molar-refractivity contribution in [2.75, 3.05) is 23.4 Å². The molecule has 1 aliphatic carbocycles. The second kappa shape index (κ2) is 9.04. The van der Waals surface area contributed by atoms with Crippen molar-refractivity contribution < 1.29 is 12.8 Å².